The van der Waals surface area contributed by atoms with Crippen LogP contribution in [0.2, 0.25) is 7.59 Å². The van der Waals surface area contributed by atoms with Crippen molar-refractivity contribution in [2.75, 3.05) is 0 Å². The summed E-state index contributed by atoms with van der Waals surface area (Å²) in [6.45, 7) is 2.30. The van der Waals surface area contributed by atoms with Crippen LogP contribution in [0, 0.1) is 0 Å². The van der Waals surface area contributed by atoms with Crippen molar-refractivity contribution in [1.82, 2.24) is 0 Å². The summed E-state index contributed by atoms with van der Waals surface area (Å²) in [5.74, 6) is 0. The molecule has 2 heteroatoms. The SMILES string of the molecule is CC[C]1([Mg][CH]2C=CC=C2)C=CC=C1.[Mg]. The van der Waals surface area contributed by atoms with E-state index in [1.807, 2.05) is 0 Å². The Morgan fingerprint density at radius 3 is 2.14 bits per heavy atom. The van der Waals surface area contributed by atoms with Crippen LogP contribution in [-0.2, 0) is 0 Å². The van der Waals surface area contributed by atoms with Crippen LogP contribution in [0.3, 0.4) is 0 Å². The molecule has 0 saturated heterocycles. The molecule has 2 radical (unpaired) electrons. The Labute approximate surface area is 112 Å². The number of hydrogen-bond donors (Lipinski definition) is 0. The van der Waals surface area contributed by atoms with Crippen LogP contribution in [0.15, 0.2) is 48.6 Å². The van der Waals surface area contributed by atoms with Crippen molar-refractivity contribution >= 4 is 43.4 Å². The fourth-order valence-corrected chi connectivity index (χ4v) is 4.42. The van der Waals surface area contributed by atoms with Crippen LogP contribution in [0.25, 0.3) is 0 Å². The first-order valence-electron chi connectivity index (χ1n) is 5.07. The van der Waals surface area contributed by atoms with Gasteiger partial charge in [-0.3, -0.25) is 0 Å². The summed E-state index contributed by atoms with van der Waals surface area (Å²) < 4.78 is 1.26. The lowest BCUT2D eigenvalue weighted by atomic mass is 10.1. The molecule has 0 N–H and O–H groups in total. The van der Waals surface area contributed by atoms with E-state index in [1.54, 1.807) is 0 Å². The highest BCUT2D eigenvalue weighted by molar-refractivity contribution is 6.45. The van der Waals surface area contributed by atoms with Gasteiger partial charge in [0.25, 0.3) is 0 Å². The second-order valence-electron chi connectivity index (χ2n) is 3.94. The van der Waals surface area contributed by atoms with Gasteiger partial charge < -0.3 is 0 Å². The molecule has 2 aliphatic rings. The van der Waals surface area contributed by atoms with Gasteiger partial charge in [0.1, 0.15) is 0 Å². The average Bonchev–Trinajstić information content (AvgIpc) is 2.77. The highest BCUT2D eigenvalue weighted by Gasteiger charge is 2.29. The summed E-state index contributed by atoms with van der Waals surface area (Å²) in [5, 5.41) is 0. The lowest BCUT2D eigenvalue weighted by molar-refractivity contribution is 0.791. The molecule has 0 spiro atoms. The summed E-state index contributed by atoms with van der Waals surface area (Å²) in [4.78, 5) is 0. The molecule has 0 saturated carbocycles. The predicted molar refractivity (Wildman–Crippen MR) is 64.8 cm³/mol. The minimum absolute atomic E-state index is 0. The molecule has 0 heterocycles. The first-order valence-corrected chi connectivity index (χ1v) is 6.59. The van der Waals surface area contributed by atoms with Crippen molar-refractivity contribution < 1.29 is 0 Å². The second kappa shape index (κ2) is 5.54. The molecule has 0 nitrogen and oxygen atoms in total. The summed E-state index contributed by atoms with van der Waals surface area (Å²) >= 11 is -0.0899. The zero-order chi connectivity index (χ0) is 9.15. The van der Waals surface area contributed by atoms with Gasteiger partial charge in [0.05, 0.1) is 0 Å². The molecular formula is C12H14Mg2. The highest BCUT2D eigenvalue weighted by atomic mass is 24.5. The van der Waals surface area contributed by atoms with E-state index in [-0.39, 0.29) is 43.4 Å². The molecule has 66 valence electrons. The van der Waals surface area contributed by atoms with Gasteiger partial charge >= 0.3 is 20.4 Å². The Bertz CT molecular complexity index is 273. The monoisotopic (exact) mass is 206 g/mol. The van der Waals surface area contributed by atoms with Gasteiger partial charge in [0.15, 0.2) is 0 Å². The third kappa shape index (κ3) is 2.75. The standard InChI is InChI=1S/C7H9.C5H5.2Mg/c1-2-7-5-3-4-6-7;1-2-4-5-3-1;;/h3-6H,2H2,1H3;1-5H;;. The van der Waals surface area contributed by atoms with Gasteiger partial charge in [-0.2, -0.15) is 0 Å². The Kier molecular flexibility index (Phi) is 4.97. The minimum atomic E-state index is -0.0899. The van der Waals surface area contributed by atoms with Crippen LogP contribution < -0.4 is 0 Å². The molecule has 0 atom stereocenters. The van der Waals surface area contributed by atoms with E-state index in [2.05, 4.69) is 55.5 Å². The number of rotatable bonds is 3. The van der Waals surface area contributed by atoms with E-state index >= 15 is 0 Å². The Hall–Kier alpha value is 0.492. The van der Waals surface area contributed by atoms with Crippen molar-refractivity contribution in [1.29, 1.82) is 0 Å². The lowest BCUT2D eigenvalue weighted by Crippen LogP contribution is -2.16. The molecule has 2 aliphatic carbocycles. The molecule has 0 fully saturated rings. The first kappa shape index (κ1) is 12.6. The van der Waals surface area contributed by atoms with Crippen molar-refractivity contribution in [3.05, 3.63) is 48.6 Å². The predicted octanol–water partition coefficient (Wildman–Crippen LogP) is 2.92. The van der Waals surface area contributed by atoms with Crippen molar-refractivity contribution in [3.8, 4) is 0 Å². The first-order chi connectivity index (χ1) is 6.35. The average molecular weight is 207 g/mol. The van der Waals surface area contributed by atoms with Gasteiger partial charge in [-0.25, -0.2) is 0 Å². The van der Waals surface area contributed by atoms with Crippen molar-refractivity contribution in [2.24, 2.45) is 0 Å². The lowest BCUT2D eigenvalue weighted by Gasteiger charge is -2.24. The third-order valence-electron chi connectivity index (χ3n) is 3.07. The van der Waals surface area contributed by atoms with E-state index in [1.165, 1.54) is 6.42 Å². The maximum Gasteiger partial charge on any atom is 0.402 e. The van der Waals surface area contributed by atoms with Crippen LogP contribution in [0.5, 0.6) is 0 Å². The topological polar surface area (TPSA) is 0 Å². The molecule has 0 unspecified atom stereocenters. The largest absolute Gasteiger partial charge is 0.402 e. The summed E-state index contributed by atoms with van der Waals surface area (Å²) in [6, 6.07) is 0. The number of hydrogen-bond acceptors (Lipinski definition) is 0. The normalized spacial score (nSPS) is 21.2. The minimum Gasteiger partial charge on any atom is -0.103 e. The molecule has 0 aromatic carbocycles. The molecule has 2 rings (SSSR count). The second-order valence-corrected chi connectivity index (χ2v) is 6.61. The van der Waals surface area contributed by atoms with E-state index in [9.17, 15) is 0 Å². The molecule has 14 heavy (non-hydrogen) atoms. The Morgan fingerprint density at radius 1 is 1.07 bits per heavy atom. The van der Waals surface area contributed by atoms with Crippen molar-refractivity contribution in [2.45, 2.75) is 20.9 Å². The molecular weight excluding hydrogens is 193 g/mol. The molecule has 0 bridgehead atoms. The van der Waals surface area contributed by atoms with Crippen LogP contribution in [0.4, 0.5) is 0 Å². The quantitative estimate of drug-likeness (QED) is 0.624. The van der Waals surface area contributed by atoms with Gasteiger partial charge in [-0.05, 0) is 0 Å². The van der Waals surface area contributed by atoms with Gasteiger partial charge in [-0.1, -0.05) is 45.2 Å². The smallest absolute Gasteiger partial charge is 0.103 e. The summed E-state index contributed by atoms with van der Waals surface area (Å²) in [7, 11) is 0. The van der Waals surface area contributed by atoms with Crippen LogP contribution in [-0.4, -0.2) is 43.4 Å². The maximum atomic E-state index is 2.40. The maximum absolute atomic E-state index is 2.40. The summed E-state index contributed by atoms with van der Waals surface area (Å²) in [5.41, 5.74) is 0. The molecule has 0 aromatic heterocycles. The molecule has 0 aromatic rings. The van der Waals surface area contributed by atoms with Gasteiger partial charge in [0, 0.05) is 23.1 Å². The van der Waals surface area contributed by atoms with E-state index in [0.29, 0.717) is 3.54 Å². The van der Waals surface area contributed by atoms with Crippen LogP contribution in [0.1, 0.15) is 13.3 Å². The Balaban J connectivity index is 0.000000980. The van der Waals surface area contributed by atoms with Gasteiger partial charge in [-0.15, -0.1) is 24.3 Å². The summed E-state index contributed by atoms with van der Waals surface area (Å²) in [6.07, 6.45) is 19.6. The zero-order valence-corrected chi connectivity index (χ0v) is 11.6. The van der Waals surface area contributed by atoms with E-state index in [0.717, 1.165) is 4.05 Å². The molecule has 0 aliphatic heterocycles. The third-order valence-corrected chi connectivity index (χ3v) is 5.82. The van der Waals surface area contributed by atoms with E-state index < -0.39 is 0 Å². The van der Waals surface area contributed by atoms with Gasteiger partial charge in [0.2, 0.25) is 0 Å². The molecule has 0 amide bonds. The van der Waals surface area contributed by atoms with Crippen molar-refractivity contribution in [3.63, 3.8) is 0 Å². The van der Waals surface area contributed by atoms with Crippen LogP contribution >= 0.6 is 0 Å². The highest BCUT2D eigenvalue weighted by Crippen LogP contribution is 2.40. The van der Waals surface area contributed by atoms with E-state index in [4.69, 9.17) is 0 Å². The number of allylic oxidation sites excluding steroid dienone is 8. The fraction of sp³-hybridized carbons (Fsp3) is 0.333. The fourth-order valence-electron chi connectivity index (χ4n) is 2.12. The zero-order valence-electron chi connectivity index (χ0n) is 8.82. The Morgan fingerprint density at radius 2 is 1.64 bits per heavy atom.